The molecular formula is C28H28N4OS. The molecule has 6 heteroatoms. The van der Waals surface area contributed by atoms with Gasteiger partial charge in [0, 0.05) is 23.3 Å². The maximum atomic E-state index is 10.6. The van der Waals surface area contributed by atoms with Crippen molar-refractivity contribution < 1.29 is 5.11 Å². The van der Waals surface area contributed by atoms with Gasteiger partial charge in [-0.05, 0) is 86.1 Å². The second-order valence-corrected chi connectivity index (χ2v) is 9.05. The lowest BCUT2D eigenvalue weighted by atomic mass is 9.96. The SMILES string of the molecule is CCc1ccc(N2C(=S)N[C@H](c3ccccn3)[C@H]2c2cc(C)n(-c3ccccc3O)c2C)cc1. The van der Waals surface area contributed by atoms with E-state index in [0.717, 1.165) is 40.4 Å². The molecule has 0 unspecified atom stereocenters. The Morgan fingerprint density at radius 3 is 2.41 bits per heavy atom. The van der Waals surface area contributed by atoms with E-state index in [1.165, 1.54) is 5.56 Å². The van der Waals surface area contributed by atoms with Gasteiger partial charge < -0.3 is 19.9 Å². The number of aromatic hydroxyl groups is 1. The van der Waals surface area contributed by atoms with Crippen LogP contribution in [0, 0.1) is 13.8 Å². The number of anilines is 1. The number of aromatic nitrogens is 2. The van der Waals surface area contributed by atoms with Gasteiger partial charge in [-0.15, -0.1) is 0 Å². The second kappa shape index (κ2) is 8.95. The number of nitrogens with zero attached hydrogens (tertiary/aromatic N) is 3. The summed E-state index contributed by atoms with van der Waals surface area (Å²) in [4.78, 5) is 6.86. The number of phenolic OH excluding ortho intramolecular Hbond substituents is 1. The lowest BCUT2D eigenvalue weighted by Crippen LogP contribution is -2.29. The van der Waals surface area contributed by atoms with Gasteiger partial charge in [0.15, 0.2) is 5.11 Å². The lowest BCUT2D eigenvalue weighted by molar-refractivity contribution is 0.471. The van der Waals surface area contributed by atoms with E-state index in [2.05, 4.69) is 70.9 Å². The summed E-state index contributed by atoms with van der Waals surface area (Å²) in [6.45, 7) is 6.33. The fraction of sp³-hybridized carbons (Fsp3) is 0.214. The average Bonchev–Trinajstić information content (AvgIpc) is 3.35. The number of hydrogen-bond acceptors (Lipinski definition) is 3. The molecule has 0 aliphatic carbocycles. The minimum Gasteiger partial charge on any atom is -0.506 e. The molecule has 2 aromatic heterocycles. The van der Waals surface area contributed by atoms with Crippen molar-refractivity contribution in [2.45, 2.75) is 39.3 Å². The first kappa shape index (κ1) is 22.2. The van der Waals surface area contributed by atoms with Crippen LogP contribution < -0.4 is 10.2 Å². The Morgan fingerprint density at radius 2 is 1.74 bits per heavy atom. The van der Waals surface area contributed by atoms with Gasteiger partial charge in [-0.25, -0.2) is 0 Å². The topological polar surface area (TPSA) is 53.3 Å². The van der Waals surface area contributed by atoms with Gasteiger partial charge in [0.25, 0.3) is 0 Å². The molecule has 2 aromatic carbocycles. The Bertz CT molecular complexity index is 1330. The van der Waals surface area contributed by atoms with Crippen LogP contribution >= 0.6 is 12.2 Å². The summed E-state index contributed by atoms with van der Waals surface area (Å²) in [7, 11) is 0. The molecule has 3 heterocycles. The molecule has 0 bridgehead atoms. The molecule has 1 saturated heterocycles. The van der Waals surface area contributed by atoms with Crippen molar-refractivity contribution in [2.24, 2.45) is 0 Å². The number of para-hydroxylation sites is 2. The molecule has 172 valence electrons. The number of phenols is 1. The maximum Gasteiger partial charge on any atom is 0.174 e. The van der Waals surface area contributed by atoms with Gasteiger partial charge in [-0.3, -0.25) is 4.98 Å². The van der Waals surface area contributed by atoms with Crippen molar-refractivity contribution in [2.75, 3.05) is 4.90 Å². The molecule has 2 N–H and O–H groups in total. The Balaban J connectivity index is 1.68. The van der Waals surface area contributed by atoms with Gasteiger partial charge in [-0.2, -0.15) is 0 Å². The molecule has 5 nitrogen and oxygen atoms in total. The number of aryl methyl sites for hydroxylation is 2. The van der Waals surface area contributed by atoms with E-state index < -0.39 is 0 Å². The van der Waals surface area contributed by atoms with E-state index in [1.54, 1.807) is 6.07 Å². The summed E-state index contributed by atoms with van der Waals surface area (Å²) >= 11 is 5.88. The van der Waals surface area contributed by atoms with Crippen molar-refractivity contribution in [3.8, 4) is 11.4 Å². The largest absolute Gasteiger partial charge is 0.506 e. The minimum atomic E-state index is -0.113. The van der Waals surface area contributed by atoms with Gasteiger partial charge in [-0.1, -0.05) is 37.3 Å². The first-order valence-corrected chi connectivity index (χ1v) is 12.0. The number of nitrogens with one attached hydrogen (secondary N) is 1. The van der Waals surface area contributed by atoms with Crippen LogP contribution in [0.15, 0.2) is 79.0 Å². The zero-order valence-electron chi connectivity index (χ0n) is 19.6. The van der Waals surface area contributed by atoms with Crippen LogP contribution in [-0.2, 0) is 6.42 Å². The van der Waals surface area contributed by atoms with Gasteiger partial charge in [0.05, 0.1) is 23.5 Å². The van der Waals surface area contributed by atoms with Crippen molar-refractivity contribution >= 4 is 23.0 Å². The molecule has 0 amide bonds. The molecule has 1 aliphatic heterocycles. The van der Waals surface area contributed by atoms with E-state index in [9.17, 15) is 5.11 Å². The van der Waals surface area contributed by atoms with Crippen molar-refractivity contribution in [1.29, 1.82) is 0 Å². The highest BCUT2D eigenvalue weighted by Gasteiger charge is 2.42. The van der Waals surface area contributed by atoms with Crippen molar-refractivity contribution in [3.63, 3.8) is 0 Å². The van der Waals surface area contributed by atoms with E-state index in [1.807, 2.05) is 42.6 Å². The number of pyridine rings is 1. The molecule has 34 heavy (non-hydrogen) atoms. The van der Waals surface area contributed by atoms with Crippen LogP contribution in [0.1, 0.15) is 47.2 Å². The zero-order valence-corrected chi connectivity index (χ0v) is 20.4. The minimum absolute atomic E-state index is 0.0966. The quantitative estimate of drug-likeness (QED) is 0.355. The number of benzene rings is 2. The highest BCUT2D eigenvalue weighted by molar-refractivity contribution is 7.80. The molecular weight excluding hydrogens is 440 g/mol. The standard InChI is InChI=1S/C28H28N4OS/c1-4-20-12-14-21(15-13-20)32-27(26(30-28(32)34)23-9-7-8-16-29-23)22-17-18(2)31(19(22)3)24-10-5-6-11-25(24)33/h5-17,26-27,33H,4H2,1-3H3,(H,30,34)/t26-,27-/m1/s1. The van der Waals surface area contributed by atoms with Crippen LogP contribution in [-0.4, -0.2) is 19.8 Å². The molecule has 2 atom stereocenters. The smallest absolute Gasteiger partial charge is 0.174 e. The van der Waals surface area contributed by atoms with Gasteiger partial charge >= 0.3 is 0 Å². The molecule has 0 spiro atoms. The van der Waals surface area contributed by atoms with Crippen molar-refractivity contribution in [1.82, 2.24) is 14.9 Å². The highest BCUT2D eigenvalue weighted by Crippen LogP contribution is 2.44. The third kappa shape index (κ3) is 3.74. The van der Waals surface area contributed by atoms with Gasteiger partial charge in [0.1, 0.15) is 5.75 Å². The normalized spacial score (nSPS) is 17.7. The van der Waals surface area contributed by atoms with Crippen LogP contribution in [0.3, 0.4) is 0 Å². The first-order chi connectivity index (χ1) is 16.5. The third-order valence-corrected chi connectivity index (χ3v) is 6.95. The molecule has 1 aliphatic rings. The average molecular weight is 469 g/mol. The predicted octanol–water partition coefficient (Wildman–Crippen LogP) is 5.93. The third-order valence-electron chi connectivity index (χ3n) is 6.63. The summed E-state index contributed by atoms with van der Waals surface area (Å²) < 4.78 is 2.11. The Kier molecular flexibility index (Phi) is 5.84. The van der Waals surface area contributed by atoms with E-state index in [-0.39, 0.29) is 17.8 Å². The molecule has 1 fully saturated rings. The first-order valence-electron chi connectivity index (χ1n) is 11.6. The lowest BCUT2D eigenvalue weighted by Gasteiger charge is -2.28. The Morgan fingerprint density at radius 1 is 1.00 bits per heavy atom. The molecule has 5 rings (SSSR count). The number of thiocarbonyl (C=S) groups is 1. The van der Waals surface area contributed by atoms with Crippen LogP contribution in [0.2, 0.25) is 0 Å². The van der Waals surface area contributed by atoms with Crippen LogP contribution in [0.4, 0.5) is 5.69 Å². The fourth-order valence-electron chi connectivity index (χ4n) is 4.95. The fourth-order valence-corrected chi connectivity index (χ4v) is 5.30. The monoisotopic (exact) mass is 468 g/mol. The molecule has 4 aromatic rings. The van der Waals surface area contributed by atoms with E-state index in [0.29, 0.717) is 5.11 Å². The maximum absolute atomic E-state index is 10.6. The number of rotatable bonds is 5. The Hall–Kier alpha value is -3.64. The summed E-state index contributed by atoms with van der Waals surface area (Å²) in [5.41, 5.74) is 7.30. The molecule has 0 saturated carbocycles. The summed E-state index contributed by atoms with van der Waals surface area (Å²) in [6, 6.07) is 24.0. The highest BCUT2D eigenvalue weighted by atomic mass is 32.1. The summed E-state index contributed by atoms with van der Waals surface area (Å²) in [6.07, 6.45) is 2.81. The van der Waals surface area contributed by atoms with E-state index >= 15 is 0 Å². The Labute approximate surface area is 205 Å². The van der Waals surface area contributed by atoms with E-state index in [4.69, 9.17) is 12.2 Å². The van der Waals surface area contributed by atoms with Crippen LogP contribution in [0.5, 0.6) is 5.75 Å². The second-order valence-electron chi connectivity index (χ2n) is 8.67. The van der Waals surface area contributed by atoms with Gasteiger partial charge in [0.2, 0.25) is 0 Å². The summed E-state index contributed by atoms with van der Waals surface area (Å²) in [5, 5.41) is 14.8. The zero-order chi connectivity index (χ0) is 23.8. The van der Waals surface area contributed by atoms with Crippen molar-refractivity contribution in [3.05, 3.63) is 107 Å². The summed E-state index contributed by atoms with van der Waals surface area (Å²) in [5.74, 6) is 0.254. The molecule has 0 radical (unpaired) electrons. The number of hydrogen-bond donors (Lipinski definition) is 2. The van der Waals surface area contributed by atoms with Crippen LogP contribution in [0.25, 0.3) is 5.69 Å². The predicted molar refractivity (Wildman–Crippen MR) is 141 cm³/mol.